The van der Waals surface area contributed by atoms with E-state index in [4.69, 9.17) is 16.0 Å². The number of guanidine groups is 1. The van der Waals surface area contributed by atoms with E-state index in [2.05, 4.69) is 27.4 Å². The molecule has 2 aromatic heterocycles. The highest BCUT2D eigenvalue weighted by atomic mass is 127. The van der Waals surface area contributed by atoms with E-state index < -0.39 is 6.10 Å². The summed E-state index contributed by atoms with van der Waals surface area (Å²) in [5.41, 5.74) is 0. The molecule has 0 aliphatic carbocycles. The van der Waals surface area contributed by atoms with Crippen LogP contribution in [-0.2, 0) is 6.42 Å². The summed E-state index contributed by atoms with van der Waals surface area (Å²) in [6.45, 7) is 6.29. The first kappa shape index (κ1) is 24.5. The standard InChI is InChI=1S/C20H29ClN4O2S.HI/c1-2-25-11-3-5-15(25)13-23-20(22-10-9-16-6-4-12-27-16)24-14-17(26)18-7-8-19(21)28-18;/h4,6-8,12,15,17,26H,2-3,5,9-11,13-14H2,1H3,(H2,22,23,24);1H. The van der Waals surface area contributed by atoms with Gasteiger partial charge in [-0.25, -0.2) is 0 Å². The van der Waals surface area contributed by atoms with Crippen LogP contribution in [0.15, 0.2) is 39.9 Å². The zero-order chi connectivity index (χ0) is 19.8. The lowest BCUT2D eigenvalue weighted by Gasteiger charge is -2.24. The maximum Gasteiger partial charge on any atom is 0.191 e. The lowest BCUT2D eigenvalue weighted by molar-refractivity contribution is 0.191. The number of hydrogen-bond acceptors (Lipinski definition) is 5. The van der Waals surface area contributed by atoms with Gasteiger partial charge in [-0.05, 0) is 50.2 Å². The number of furan rings is 1. The van der Waals surface area contributed by atoms with Crippen molar-refractivity contribution in [1.29, 1.82) is 0 Å². The van der Waals surface area contributed by atoms with Gasteiger partial charge in [0.05, 0.1) is 17.1 Å². The van der Waals surface area contributed by atoms with Gasteiger partial charge in [-0.15, -0.1) is 35.3 Å². The molecule has 3 N–H and O–H groups in total. The fourth-order valence-electron chi connectivity index (χ4n) is 3.47. The molecule has 0 aromatic carbocycles. The number of nitrogens with zero attached hydrogens (tertiary/aromatic N) is 2. The van der Waals surface area contributed by atoms with Gasteiger partial charge in [-0.2, -0.15) is 0 Å². The van der Waals surface area contributed by atoms with Crippen molar-refractivity contribution in [3.05, 3.63) is 45.5 Å². The average molecular weight is 553 g/mol. The van der Waals surface area contributed by atoms with E-state index in [1.54, 1.807) is 12.3 Å². The fourth-order valence-corrected chi connectivity index (χ4v) is 4.50. The Hall–Kier alpha value is -0.810. The molecule has 3 rings (SSSR count). The molecule has 2 aromatic rings. The lowest BCUT2D eigenvalue weighted by atomic mass is 10.2. The number of thiophene rings is 1. The maximum atomic E-state index is 10.4. The SMILES string of the molecule is CCN1CCCC1CNC(=NCC(O)c1ccc(Cl)s1)NCCc1ccco1.I. The van der Waals surface area contributed by atoms with Crippen molar-refractivity contribution >= 4 is 52.9 Å². The van der Waals surface area contributed by atoms with Gasteiger partial charge in [0.1, 0.15) is 11.9 Å². The minimum absolute atomic E-state index is 0. The minimum atomic E-state index is -0.653. The average Bonchev–Trinajstić information content (AvgIpc) is 3.44. The zero-order valence-corrected chi connectivity index (χ0v) is 20.5. The van der Waals surface area contributed by atoms with Crippen molar-refractivity contribution in [3.63, 3.8) is 0 Å². The Morgan fingerprint density at radius 1 is 1.41 bits per heavy atom. The van der Waals surface area contributed by atoms with Gasteiger partial charge in [0.15, 0.2) is 5.96 Å². The molecule has 1 fully saturated rings. The highest BCUT2D eigenvalue weighted by Gasteiger charge is 2.22. The van der Waals surface area contributed by atoms with E-state index in [-0.39, 0.29) is 30.5 Å². The molecule has 3 heterocycles. The number of aliphatic imine (C=N–C) groups is 1. The molecule has 1 saturated heterocycles. The van der Waals surface area contributed by atoms with Gasteiger partial charge in [0, 0.05) is 30.4 Å². The fraction of sp³-hybridized carbons (Fsp3) is 0.550. The van der Waals surface area contributed by atoms with E-state index in [0.29, 0.717) is 16.9 Å². The summed E-state index contributed by atoms with van der Waals surface area (Å²) in [5.74, 6) is 1.66. The molecule has 1 aliphatic heterocycles. The number of likely N-dealkylation sites (tertiary alicyclic amines) is 1. The molecule has 6 nitrogen and oxygen atoms in total. The molecule has 9 heteroatoms. The second kappa shape index (κ2) is 12.8. The van der Waals surface area contributed by atoms with Gasteiger partial charge in [0.25, 0.3) is 0 Å². The summed E-state index contributed by atoms with van der Waals surface area (Å²) in [6.07, 6.45) is 4.26. The molecule has 0 amide bonds. The van der Waals surface area contributed by atoms with Crippen LogP contribution in [0, 0.1) is 0 Å². The van der Waals surface area contributed by atoms with E-state index in [0.717, 1.165) is 36.1 Å². The Bertz CT molecular complexity index is 741. The molecule has 2 atom stereocenters. The Morgan fingerprint density at radius 2 is 2.28 bits per heavy atom. The van der Waals surface area contributed by atoms with Gasteiger partial charge in [-0.3, -0.25) is 9.89 Å². The molecule has 2 unspecified atom stereocenters. The zero-order valence-electron chi connectivity index (χ0n) is 16.6. The highest BCUT2D eigenvalue weighted by Crippen LogP contribution is 2.26. The van der Waals surface area contributed by atoms with Crippen LogP contribution < -0.4 is 10.6 Å². The van der Waals surface area contributed by atoms with E-state index in [1.807, 2.05) is 18.2 Å². The first-order chi connectivity index (χ1) is 13.7. The van der Waals surface area contributed by atoms with Crippen molar-refractivity contribution in [2.45, 2.75) is 38.3 Å². The number of rotatable bonds is 9. The molecule has 162 valence electrons. The van der Waals surface area contributed by atoms with Crippen LogP contribution in [0.4, 0.5) is 0 Å². The monoisotopic (exact) mass is 552 g/mol. The Labute approximate surface area is 198 Å². The Kier molecular flexibility index (Phi) is 10.8. The first-order valence-corrected chi connectivity index (χ1v) is 11.1. The molecule has 29 heavy (non-hydrogen) atoms. The third-order valence-electron chi connectivity index (χ3n) is 5.00. The van der Waals surface area contributed by atoms with Crippen LogP contribution in [0.5, 0.6) is 0 Å². The van der Waals surface area contributed by atoms with Crippen LogP contribution in [0.1, 0.15) is 36.5 Å². The van der Waals surface area contributed by atoms with E-state index in [1.165, 1.54) is 30.7 Å². The van der Waals surface area contributed by atoms with Crippen molar-refractivity contribution in [2.24, 2.45) is 4.99 Å². The number of aliphatic hydroxyl groups excluding tert-OH is 1. The smallest absolute Gasteiger partial charge is 0.191 e. The van der Waals surface area contributed by atoms with E-state index >= 15 is 0 Å². The quantitative estimate of drug-likeness (QED) is 0.250. The molecular formula is C20H30ClIN4O2S. The van der Waals surface area contributed by atoms with Gasteiger partial charge in [-0.1, -0.05) is 18.5 Å². The third-order valence-corrected chi connectivity index (χ3v) is 6.33. The van der Waals surface area contributed by atoms with Crippen LogP contribution >= 0.6 is 46.9 Å². The molecule has 0 saturated carbocycles. The highest BCUT2D eigenvalue weighted by molar-refractivity contribution is 14.0. The number of halogens is 2. The van der Waals surface area contributed by atoms with Crippen molar-refractivity contribution in [3.8, 4) is 0 Å². The number of nitrogens with one attached hydrogen (secondary N) is 2. The molecule has 0 radical (unpaired) electrons. The minimum Gasteiger partial charge on any atom is -0.469 e. The third kappa shape index (κ3) is 7.75. The maximum absolute atomic E-state index is 10.4. The Morgan fingerprint density at radius 3 is 2.97 bits per heavy atom. The summed E-state index contributed by atoms with van der Waals surface area (Å²) in [6, 6.07) is 8.04. The van der Waals surface area contributed by atoms with Gasteiger partial charge in [0.2, 0.25) is 0 Å². The molecule has 1 aliphatic rings. The van der Waals surface area contributed by atoms with Crippen LogP contribution in [-0.4, -0.2) is 54.7 Å². The van der Waals surface area contributed by atoms with Crippen molar-refractivity contribution < 1.29 is 9.52 Å². The van der Waals surface area contributed by atoms with Crippen LogP contribution in [0.3, 0.4) is 0 Å². The summed E-state index contributed by atoms with van der Waals surface area (Å²) in [5, 5.41) is 17.2. The Balaban J connectivity index is 0.00000300. The summed E-state index contributed by atoms with van der Waals surface area (Å²) >= 11 is 7.35. The van der Waals surface area contributed by atoms with Gasteiger partial charge < -0.3 is 20.2 Å². The number of aliphatic hydroxyl groups is 1. The molecule has 0 bridgehead atoms. The van der Waals surface area contributed by atoms with Crippen LogP contribution in [0.25, 0.3) is 0 Å². The lowest BCUT2D eigenvalue weighted by Crippen LogP contribution is -2.45. The first-order valence-electron chi connectivity index (χ1n) is 9.87. The predicted molar refractivity (Wildman–Crippen MR) is 131 cm³/mol. The summed E-state index contributed by atoms with van der Waals surface area (Å²) < 4.78 is 6.06. The summed E-state index contributed by atoms with van der Waals surface area (Å²) in [7, 11) is 0. The molecule has 0 spiro atoms. The second-order valence-corrected chi connectivity index (χ2v) is 8.66. The normalized spacial score (nSPS) is 18.4. The second-order valence-electron chi connectivity index (χ2n) is 6.91. The summed E-state index contributed by atoms with van der Waals surface area (Å²) in [4.78, 5) is 7.93. The predicted octanol–water partition coefficient (Wildman–Crippen LogP) is 3.91. The number of hydrogen-bond donors (Lipinski definition) is 3. The largest absolute Gasteiger partial charge is 0.469 e. The van der Waals surface area contributed by atoms with Crippen molar-refractivity contribution in [1.82, 2.24) is 15.5 Å². The van der Waals surface area contributed by atoms with E-state index in [9.17, 15) is 5.11 Å². The molecular weight excluding hydrogens is 523 g/mol. The van der Waals surface area contributed by atoms with Crippen LogP contribution in [0.2, 0.25) is 4.34 Å². The van der Waals surface area contributed by atoms with Gasteiger partial charge >= 0.3 is 0 Å². The topological polar surface area (TPSA) is 73.0 Å². The number of likely N-dealkylation sites (N-methyl/N-ethyl adjacent to an activating group) is 1. The van der Waals surface area contributed by atoms with Crippen molar-refractivity contribution in [2.75, 3.05) is 32.7 Å².